The fraction of sp³-hybridized carbons (Fsp3) is 0.241. The number of carbonyl (C=O) groups is 3. The van der Waals surface area contributed by atoms with Gasteiger partial charge in [0, 0.05) is 18.7 Å². The summed E-state index contributed by atoms with van der Waals surface area (Å²) in [5, 5.41) is 2.61. The zero-order valence-corrected chi connectivity index (χ0v) is 22.7. The highest BCUT2D eigenvalue weighted by atomic mass is 32.2. The Kier molecular flexibility index (Phi) is 9.22. The van der Waals surface area contributed by atoms with Gasteiger partial charge >= 0.3 is 5.97 Å². The quantitative estimate of drug-likeness (QED) is 0.387. The van der Waals surface area contributed by atoms with Gasteiger partial charge < -0.3 is 19.5 Å². The predicted octanol–water partition coefficient (Wildman–Crippen LogP) is 4.69. The lowest BCUT2D eigenvalue weighted by molar-refractivity contribution is -0.129. The first-order chi connectivity index (χ1) is 18.9. The van der Waals surface area contributed by atoms with Crippen molar-refractivity contribution in [2.45, 2.75) is 18.1 Å². The van der Waals surface area contributed by atoms with E-state index in [0.717, 1.165) is 11.3 Å². The minimum Gasteiger partial charge on any atom is -0.497 e. The van der Waals surface area contributed by atoms with E-state index in [9.17, 15) is 14.4 Å². The summed E-state index contributed by atoms with van der Waals surface area (Å²) in [6.07, 6.45) is 0.641. The number of amides is 2. The van der Waals surface area contributed by atoms with Gasteiger partial charge in [-0.1, -0.05) is 23.9 Å². The van der Waals surface area contributed by atoms with Crippen LogP contribution in [0.2, 0.25) is 0 Å². The third-order valence-electron chi connectivity index (χ3n) is 6.09. The summed E-state index contributed by atoms with van der Waals surface area (Å²) in [4.78, 5) is 44.5. The Morgan fingerprint density at radius 1 is 0.923 bits per heavy atom. The topological polar surface area (TPSA) is 107 Å². The van der Waals surface area contributed by atoms with Gasteiger partial charge in [0.2, 0.25) is 11.8 Å². The predicted molar refractivity (Wildman–Crippen MR) is 151 cm³/mol. The number of rotatable bonds is 9. The van der Waals surface area contributed by atoms with E-state index in [-0.39, 0.29) is 18.2 Å². The van der Waals surface area contributed by atoms with Gasteiger partial charge in [-0.15, -0.1) is 0 Å². The molecule has 1 aliphatic rings. The molecule has 0 aliphatic carbocycles. The number of carbonyl (C=O) groups excluding carboxylic acids is 3. The van der Waals surface area contributed by atoms with E-state index in [1.165, 1.54) is 18.9 Å². The zero-order valence-electron chi connectivity index (χ0n) is 21.9. The lowest BCUT2D eigenvalue weighted by Crippen LogP contribution is -2.46. The van der Waals surface area contributed by atoms with Gasteiger partial charge in [0.15, 0.2) is 5.17 Å². The fourth-order valence-electron chi connectivity index (χ4n) is 3.89. The second kappa shape index (κ2) is 13.0. The number of ether oxygens (including phenoxy) is 3. The second-order valence-corrected chi connectivity index (χ2v) is 9.77. The molecule has 0 saturated carbocycles. The van der Waals surface area contributed by atoms with E-state index in [0.29, 0.717) is 40.8 Å². The third kappa shape index (κ3) is 7.17. The monoisotopic (exact) mass is 547 g/mol. The third-order valence-corrected chi connectivity index (χ3v) is 7.27. The minimum atomic E-state index is -0.674. The van der Waals surface area contributed by atoms with E-state index in [4.69, 9.17) is 19.2 Å². The molecule has 9 nitrogen and oxygen atoms in total. The molecule has 1 heterocycles. The maximum absolute atomic E-state index is 13.3. The fourth-order valence-corrected chi connectivity index (χ4v) is 5.02. The van der Waals surface area contributed by atoms with E-state index >= 15 is 0 Å². The number of benzene rings is 3. The molecule has 0 radical (unpaired) electrons. The Labute approximate surface area is 231 Å². The Hall–Kier alpha value is -4.31. The van der Waals surface area contributed by atoms with E-state index < -0.39 is 11.2 Å². The van der Waals surface area contributed by atoms with Crippen LogP contribution >= 0.6 is 11.8 Å². The van der Waals surface area contributed by atoms with Crippen LogP contribution in [0.25, 0.3) is 0 Å². The second-order valence-electron chi connectivity index (χ2n) is 8.60. The lowest BCUT2D eigenvalue weighted by Gasteiger charge is -2.32. The Morgan fingerprint density at radius 2 is 1.54 bits per heavy atom. The number of thioether (sulfide) groups is 1. The molecule has 4 rings (SSSR count). The maximum atomic E-state index is 13.3. The van der Waals surface area contributed by atoms with E-state index in [2.05, 4.69) is 5.32 Å². The molecule has 0 bridgehead atoms. The van der Waals surface area contributed by atoms with E-state index in [1.54, 1.807) is 67.7 Å². The molecule has 39 heavy (non-hydrogen) atoms. The van der Waals surface area contributed by atoms with Crippen LogP contribution in [0.1, 0.15) is 22.3 Å². The van der Waals surface area contributed by atoms with Gasteiger partial charge in [-0.25, -0.2) is 9.79 Å². The average molecular weight is 548 g/mol. The number of nitrogens with zero attached hydrogens (tertiary/aromatic N) is 2. The number of esters is 1. The van der Waals surface area contributed by atoms with Crippen molar-refractivity contribution in [2.24, 2.45) is 4.99 Å². The van der Waals surface area contributed by atoms with Crippen LogP contribution in [0.3, 0.4) is 0 Å². The van der Waals surface area contributed by atoms with Gasteiger partial charge in [-0.05, 0) is 72.6 Å². The standard InChI is InChI=1S/C29H29N3O6S/c1-36-23-12-4-19(5-13-23)16-17-32-26(33)18-25(39-29(32)31-22-10-14-24(37-2)15-11-22)27(34)30-21-8-6-20(7-9-21)28(35)38-3/h4-15,25H,16-18H2,1-3H3,(H,30,34). The highest BCUT2D eigenvalue weighted by molar-refractivity contribution is 8.15. The van der Waals surface area contributed by atoms with Gasteiger partial charge in [-0.3, -0.25) is 14.5 Å². The molecule has 2 amide bonds. The van der Waals surface area contributed by atoms with Crippen molar-refractivity contribution < 1.29 is 28.6 Å². The summed E-state index contributed by atoms with van der Waals surface area (Å²) in [7, 11) is 4.51. The smallest absolute Gasteiger partial charge is 0.337 e. The van der Waals surface area contributed by atoms with Crippen molar-refractivity contribution in [1.82, 2.24) is 4.90 Å². The molecule has 1 saturated heterocycles. The molecular weight excluding hydrogens is 518 g/mol. The normalized spacial score (nSPS) is 16.1. The first-order valence-electron chi connectivity index (χ1n) is 12.2. The number of hydrogen-bond acceptors (Lipinski definition) is 8. The number of methoxy groups -OCH3 is 3. The van der Waals surface area contributed by atoms with Crippen LogP contribution in [0.15, 0.2) is 77.8 Å². The molecule has 202 valence electrons. The molecule has 3 aromatic carbocycles. The van der Waals surface area contributed by atoms with Gasteiger partial charge in [0.1, 0.15) is 16.7 Å². The summed E-state index contributed by atoms with van der Waals surface area (Å²) in [5.74, 6) is 0.486. The first-order valence-corrected chi connectivity index (χ1v) is 13.1. The SMILES string of the molecule is COC(=O)c1ccc(NC(=O)C2CC(=O)N(CCc3ccc(OC)cc3)C(=Nc3ccc(OC)cc3)S2)cc1. The minimum absolute atomic E-state index is 0.0288. The highest BCUT2D eigenvalue weighted by Gasteiger charge is 2.35. The summed E-state index contributed by atoms with van der Waals surface area (Å²) >= 11 is 1.25. The molecule has 1 unspecified atom stereocenters. The maximum Gasteiger partial charge on any atom is 0.337 e. The lowest BCUT2D eigenvalue weighted by atomic mass is 10.1. The molecule has 1 N–H and O–H groups in total. The summed E-state index contributed by atoms with van der Waals surface area (Å²) in [6.45, 7) is 0.413. The molecule has 0 spiro atoms. The molecule has 1 atom stereocenters. The molecule has 1 fully saturated rings. The molecular formula is C29H29N3O6S. The van der Waals surface area contributed by atoms with Gasteiger partial charge in [0.25, 0.3) is 0 Å². The van der Waals surface area contributed by atoms with E-state index in [1.807, 2.05) is 24.3 Å². The summed E-state index contributed by atoms with van der Waals surface area (Å²) < 4.78 is 15.2. The van der Waals surface area contributed by atoms with Crippen LogP contribution in [0.5, 0.6) is 11.5 Å². The van der Waals surface area contributed by atoms with Crippen molar-refractivity contribution in [3.05, 3.63) is 83.9 Å². The van der Waals surface area contributed by atoms with Crippen molar-refractivity contribution in [1.29, 1.82) is 0 Å². The van der Waals surface area contributed by atoms with Gasteiger partial charge in [0.05, 0.1) is 32.6 Å². The van der Waals surface area contributed by atoms with Crippen molar-refractivity contribution >= 4 is 46.1 Å². The molecule has 1 aliphatic heterocycles. The largest absolute Gasteiger partial charge is 0.497 e. The number of amidine groups is 1. The summed E-state index contributed by atoms with van der Waals surface area (Å²) in [6, 6.07) is 21.2. The Balaban J connectivity index is 1.52. The number of anilines is 1. The molecule has 3 aromatic rings. The Bertz CT molecular complexity index is 1340. The first kappa shape index (κ1) is 27.7. The van der Waals surface area contributed by atoms with Crippen LogP contribution in [-0.2, 0) is 20.7 Å². The highest BCUT2D eigenvalue weighted by Crippen LogP contribution is 2.31. The summed E-state index contributed by atoms with van der Waals surface area (Å²) in [5.41, 5.74) is 2.57. The number of hydrogen-bond donors (Lipinski definition) is 1. The van der Waals surface area contributed by atoms with Crippen molar-refractivity contribution in [3.8, 4) is 11.5 Å². The van der Waals surface area contributed by atoms with Crippen LogP contribution in [0, 0.1) is 0 Å². The molecule has 0 aromatic heterocycles. The Morgan fingerprint density at radius 3 is 2.13 bits per heavy atom. The van der Waals surface area contributed by atoms with Crippen molar-refractivity contribution in [2.75, 3.05) is 33.2 Å². The molecule has 10 heteroatoms. The van der Waals surface area contributed by atoms with Crippen LogP contribution < -0.4 is 14.8 Å². The number of nitrogens with one attached hydrogen (secondary N) is 1. The van der Waals surface area contributed by atoms with Crippen LogP contribution in [-0.4, -0.2) is 61.0 Å². The number of aliphatic imine (C=N–C) groups is 1. The zero-order chi connectivity index (χ0) is 27.8. The average Bonchev–Trinajstić information content (AvgIpc) is 2.97. The van der Waals surface area contributed by atoms with Crippen LogP contribution in [0.4, 0.5) is 11.4 Å². The van der Waals surface area contributed by atoms with Crippen molar-refractivity contribution in [3.63, 3.8) is 0 Å². The van der Waals surface area contributed by atoms with Gasteiger partial charge in [-0.2, -0.15) is 0 Å².